The second kappa shape index (κ2) is 12.5. The van der Waals surface area contributed by atoms with Crippen molar-refractivity contribution in [2.24, 2.45) is 0 Å². The number of ether oxygens (including phenoxy) is 1. The van der Waals surface area contributed by atoms with Gasteiger partial charge in [0.05, 0.1) is 27.3 Å². The van der Waals surface area contributed by atoms with Gasteiger partial charge in [0, 0.05) is 63.1 Å². The zero-order valence-corrected chi connectivity index (χ0v) is 24.5. The third-order valence-corrected chi connectivity index (χ3v) is 8.51. The summed E-state index contributed by atoms with van der Waals surface area (Å²) in [5.41, 5.74) is 2.59. The minimum atomic E-state index is -0.315. The van der Waals surface area contributed by atoms with Crippen LogP contribution in [-0.4, -0.2) is 93.2 Å². The number of hydrogen-bond donors (Lipinski definition) is 1. The summed E-state index contributed by atoms with van der Waals surface area (Å²) < 4.78 is 7.44. The maximum absolute atomic E-state index is 12.6. The highest BCUT2D eigenvalue weighted by molar-refractivity contribution is 6.55. The Balaban J connectivity index is 1.33. The first-order valence-electron chi connectivity index (χ1n) is 14.5. The molecule has 2 saturated heterocycles. The van der Waals surface area contributed by atoms with Crippen LogP contribution >= 0.6 is 0 Å². The van der Waals surface area contributed by atoms with Crippen LogP contribution in [0.15, 0.2) is 58.2 Å². The van der Waals surface area contributed by atoms with Gasteiger partial charge in [0.15, 0.2) is 0 Å². The van der Waals surface area contributed by atoms with E-state index in [-0.39, 0.29) is 39.9 Å². The molecule has 0 aliphatic carbocycles. The number of carbonyl (C=O) groups excluding carboxylic acids is 1. The molecule has 12 heteroatoms. The lowest BCUT2D eigenvalue weighted by Crippen LogP contribution is -2.58. The second-order valence-electron chi connectivity index (χ2n) is 11.4. The normalized spacial score (nSPS) is 18.1. The van der Waals surface area contributed by atoms with Crippen LogP contribution in [0.25, 0.3) is 11.0 Å². The number of benzene rings is 1. The maximum Gasteiger partial charge on any atom is 0.252 e. The van der Waals surface area contributed by atoms with E-state index in [0.717, 1.165) is 23.8 Å². The monoisotopic (exact) mass is 560 g/mol. The van der Waals surface area contributed by atoms with Crippen molar-refractivity contribution in [2.45, 2.75) is 51.2 Å². The average Bonchev–Trinajstić information content (AvgIpc) is 3.00. The Morgan fingerprint density at radius 1 is 0.976 bits per heavy atom. The molecule has 1 aromatic carbocycles. The number of nitrogens with zero attached hydrogens (tertiary/aromatic N) is 5. The van der Waals surface area contributed by atoms with Crippen molar-refractivity contribution in [3.8, 4) is 0 Å². The molecule has 2 aliphatic heterocycles. The molecule has 212 valence electrons. The van der Waals surface area contributed by atoms with Crippen LogP contribution in [-0.2, 0) is 15.1 Å². The number of amides is 1. The number of piperazine rings is 1. The summed E-state index contributed by atoms with van der Waals surface area (Å²) >= 11 is 0. The molecule has 4 heterocycles. The van der Waals surface area contributed by atoms with Crippen LogP contribution in [0.2, 0.25) is 0 Å². The standard InChI is InChI=1S/C30H35B3N6O3/c1-19(2)39-24(40)9-6-22-18-34-29(36-27(22)39)35-20(3)21-4-7-23(8-5-21)30(10-16-42-17-11-30)38-14-12-37(13-15-38)28(41)25(31)26(32)33/h4-9,18-20H,10-17H2,1-3H3,(H,34,35,36)/t20-/m0/s1. The molecule has 6 radical (unpaired) electrons. The smallest absolute Gasteiger partial charge is 0.252 e. The molecular weight excluding hydrogens is 525 g/mol. The SMILES string of the molecule is [B]C([B])=C([B])C(=O)N1CCN(C2(c3ccc([C@H](C)Nc4ncc5ccc(=O)n(C(C)C)c5n4)cc3)CCOCC2)CC1. The molecule has 1 amide bonds. The maximum atomic E-state index is 12.6. The van der Waals surface area contributed by atoms with Gasteiger partial charge in [-0.15, -0.1) is 0 Å². The van der Waals surface area contributed by atoms with Crippen LogP contribution in [0.4, 0.5) is 5.95 Å². The Kier molecular flexibility index (Phi) is 8.94. The Morgan fingerprint density at radius 2 is 1.64 bits per heavy atom. The van der Waals surface area contributed by atoms with Gasteiger partial charge in [0.1, 0.15) is 13.5 Å². The van der Waals surface area contributed by atoms with E-state index < -0.39 is 0 Å². The van der Waals surface area contributed by atoms with E-state index in [0.29, 0.717) is 51.0 Å². The quantitative estimate of drug-likeness (QED) is 0.351. The summed E-state index contributed by atoms with van der Waals surface area (Å²) in [5, 5.41) is 4.08. The summed E-state index contributed by atoms with van der Waals surface area (Å²) in [6.07, 6.45) is 3.49. The zero-order valence-electron chi connectivity index (χ0n) is 24.5. The van der Waals surface area contributed by atoms with Crippen molar-refractivity contribution in [3.63, 3.8) is 0 Å². The van der Waals surface area contributed by atoms with Gasteiger partial charge in [0.25, 0.3) is 5.56 Å². The number of rotatable bonds is 7. The van der Waals surface area contributed by atoms with Gasteiger partial charge >= 0.3 is 0 Å². The lowest BCUT2D eigenvalue weighted by atomic mass is 9.69. The fourth-order valence-corrected chi connectivity index (χ4v) is 6.09. The zero-order chi connectivity index (χ0) is 30.0. The predicted molar refractivity (Wildman–Crippen MR) is 167 cm³/mol. The average molecular weight is 560 g/mol. The minimum absolute atomic E-state index is 0.0189. The molecule has 5 rings (SSSR count). The number of aromatic nitrogens is 3. The van der Waals surface area contributed by atoms with E-state index in [9.17, 15) is 9.59 Å². The first-order valence-corrected chi connectivity index (χ1v) is 14.5. The Morgan fingerprint density at radius 3 is 2.26 bits per heavy atom. The van der Waals surface area contributed by atoms with Gasteiger partial charge in [-0.3, -0.25) is 19.1 Å². The van der Waals surface area contributed by atoms with Gasteiger partial charge in [0.2, 0.25) is 11.9 Å². The largest absolute Gasteiger partial charge is 0.381 e. The van der Waals surface area contributed by atoms with Crippen molar-refractivity contribution in [2.75, 3.05) is 44.7 Å². The Bertz CT molecular complexity index is 1520. The van der Waals surface area contributed by atoms with Crippen LogP contribution in [0.3, 0.4) is 0 Å². The molecular formula is C30H35B3N6O3. The number of hydrogen-bond acceptors (Lipinski definition) is 7. The second-order valence-corrected chi connectivity index (χ2v) is 11.4. The van der Waals surface area contributed by atoms with Crippen molar-refractivity contribution >= 4 is 46.4 Å². The van der Waals surface area contributed by atoms with Crippen LogP contribution in [0.1, 0.15) is 56.8 Å². The van der Waals surface area contributed by atoms with E-state index in [1.165, 1.54) is 5.56 Å². The van der Waals surface area contributed by atoms with Crippen molar-refractivity contribution < 1.29 is 9.53 Å². The van der Waals surface area contributed by atoms with Gasteiger partial charge in [-0.2, -0.15) is 10.4 Å². The molecule has 1 N–H and O–H groups in total. The molecule has 0 spiro atoms. The van der Waals surface area contributed by atoms with Gasteiger partial charge in [-0.1, -0.05) is 29.7 Å². The predicted octanol–water partition coefficient (Wildman–Crippen LogP) is 2.37. The van der Waals surface area contributed by atoms with E-state index in [4.69, 9.17) is 33.3 Å². The number of fused-ring (bicyclic) bond motifs is 1. The van der Waals surface area contributed by atoms with Gasteiger partial charge in [-0.25, -0.2) is 4.98 Å². The lowest BCUT2D eigenvalue weighted by Gasteiger charge is -2.50. The van der Waals surface area contributed by atoms with Crippen molar-refractivity contribution in [1.82, 2.24) is 24.3 Å². The first-order chi connectivity index (χ1) is 20.1. The van der Waals surface area contributed by atoms with E-state index in [2.05, 4.69) is 46.4 Å². The molecule has 1 atom stereocenters. The van der Waals surface area contributed by atoms with Gasteiger partial charge in [-0.05, 0) is 50.8 Å². The molecule has 2 fully saturated rings. The molecule has 42 heavy (non-hydrogen) atoms. The summed E-state index contributed by atoms with van der Waals surface area (Å²) in [6, 6.07) is 11.9. The molecule has 2 aromatic heterocycles. The fourth-order valence-electron chi connectivity index (χ4n) is 6.09. The van der Waals surface area contributed by atoms with E-state index >= 15 is 0 Å². The first kappa shape index (κ1) is 30.1. The van der Waals surface area contributed by atoms with Crippen LogP contribution < -0.4 is 10.9 Å². The highest BCUT2D eigenvalue weighted by Gasteiger charge is 2.41. The molecule has 3 aromatic rings. The number of nitrogens with one attached hydrogen (secondary N) is 1. The Labute approximate surface area is 251 Å². The highest BCUT2D eigenvalue weighted by Crippen LogP contribution is 2.39. The minimum Gasteiger partial charge on any atom is -0.381 e. The Hall–Kier alpha value is -3.37. The molecule has 0 bridgehead atoms. The lowest BCUT2D eigenvalue weighted by molar-refractivity contribution is -0.130. The summed E-state index contributed by atoms with van der Waals surface area (Å²) in [7, 11) is 16.9. The van der Waals surface area contributed by atoms with Gasteiger partial charge < -0.3 is 15.0 Å². The van der Waals surface area contributed by atoms with Crippen LogP contribution in [0.5, 0.6) is 0 Å². The molecule has 0 saturated carbocycles. The van der Waals surface area contributed by atoms with Crippen LogP contribution in [0, 0.1) is 0 Å². The molecule has 0 unspecified atom stereocenters. The van der Waals surface area contributed by atoms with Crippen molar-refractivity contribution in [3.05, 3.63) is 74.9 Å². The summed E-state index contributed by atoms with van der Waals surface area (Å²) in [4.78, 5) is 38.5. The third kappa shape index (κ3) is 5.92. The van der Waals surface area contributed by atoms with E-state index in [1.54, 1.807) is 27.8 Å². The third-order valence-electron chi connectivity index (χ3n) is 8.51. The number of pyridine rings is 1. The fraction of sp³-hybridized carbons (Fsp3) is 0.467. The van der Waals surface area contributed by atoms with E-state index in [1.807, 2.05) is 13.8 Å². The summed E-state index contributed by atoms with van der Waals surface area (Å²) in [5.74, 6) is 0.156. The van der Waals surface area contributed by atoms with Crippen molar-refractivity contribution in [1.29, 1.82) is 0 Å². The topological polar surface area (TPSA) is 92.6 Å². The molecule has 9 nitrogen and oxygen atoms in total. The number of anilines is 1. The highest BCUT2D eigenvalue weighted by atomic mass is 16.5. The number of carbonyl (C=O) groups is 1. The summed E-state index contributed by atoms with van der Waals surface area (Å²) in [6.45, 7) is 9.88. The molecule has 2 aliphatic rings.